The Labute approximate surface area is 131 Å². The summed E-state index contributed by atoms with van der Waals surface area (Å²) >= 11 is 2.04. The van der Waals surface area contributed by atoms with E-state index in [4.69, 9.17) is 4.42 Å². The van der Waals surface area contributed by atoms with Gasteiger partial charge in [0.2, 0.25) is 0 Å². The van der Waals surface area contributed by atoms with E-state index in [1.807, 2.05) is 23.9 Å². The van der Waals surface area contributed by atoms with E-state index in [-0.39, 0.29) is 0 Å². The van der Waals surface area contributed by atoms with Gasteiger partial charge in [-0.2, -0.15) is 0 Å². The van der Waals surface area contributed by atoms with E-state index in [9.17, 15) is 0 Å². The van der Waals surface area contributed by atoms with E-state index in [1.54, 1.807) is 6.26 Å². The molecule has 1 heterocycles. The third kappa shape index (κ3) is 4.31. The number of furan rings is 1. The molecule has 1 aliphatic rings. The van der Waals surface area contributed by atoms with E-state index in [0.717, 1.165) is 17.4 Å². The third-order valence-electron chi connectivity index (χ3n) is 3.96. The van der Waals surface area contributed by atoms with Crippen molar-refractivity contribution in [3.8, 4) is 0 Å². The zero-order valence-electron chi connectivity index (χ0n) is 12.5. The summed E-state index contributed by atoms with van der Waals surface area (Å²) in [5.41, 5.74) is 1.19. The standard InChI is InChI=1S/C18H23NOS/c1-14(13-16-5-4-12-20-16)19-15-8-10-18(11-9-15)21-17-6-2-3-7-17/h4-5,8-12,14,17,19H,2-3,6-7,13H2,1H3. The Morgan fingerprint density at radius 3 is 2.62 bits per heavy atom. The first-order valence-corrected chi connectivity index (χ1v) is 8.73. The zero-order chi connectivity index (χ0) is 14.5. The fourth-order valence-electron chi connectivity index (χ4n) is 2.89. The van der Waals surface area contributed by atoms with Gasteiger partial charge in [-0.1, -0.05) is 12.8 Å². The second-order valence-electron chi connectivity index (χ2n) is 5.88. The largest absolute Gasteiger partial charge is 0.469 e. The van der Waals surface area contributed by atoms with Crippen LogP contribution in [0.25, 0.3) is 0 Å². The van der Waals surface area contributed by atoms with Gasteiger partial charge < -0.3 is 9.73 Å². The lowest BCUT2D eigenvalue weighted by Crippen LogP contribution is -2.17. The number of anilines is 1. The van der Waals surface area contributed by atoms with E-state index in [1.165, 1.54) is 36.3 Å². The second kappa shape index (κ2) is 7.08. The van der Waals surface area contributed by atoms with Crippen LogP contribution in [0.1, 0.15) is 38.4 Å². The summed E-state index contributed by atoms with van der Waals surface area (Å²) in [5, 5.41) is 4.37. The molecule has 2 aromatic rings. The Morgan fingerprint density at radius 2 is 1.95 bits per heavy atom. The van der Waals surface area contributed by atoms with Crippen molar-refractivity contribution in [3.05, 3.63) is 48.4 Å². The molecule has 1 saturated carbocycles. The second-order valence-corrected chi connectivity index (χ2v) is 7.25. The molecule has 1 aromatic heterocycles. The molecule has 0 aliphatic heterocycles. The topological polar surface area (TPSA) is 25.2 Å². The maximum atomic E-state index is 5.39. The maximum Gasteiger partial charge on any atom is 0.105 e. The van der Waals surface area contributed by atoms with Crippen molar-refractivity contribution in [2.75, 3.05) is 5.32 Å². The van der Waals surface area contributed by atoms with Crippen LogP contribution in [-0.2, 0) is 6.42 Å². The molecule has 3 rings (SSSR count). The molecule has 1 aromatic carbocycles. The highest BCUT2D eigenvalue weighted by molar-refractivity contribution is 8.00. The zero-order valence-corrected chi connectivity index (χ0v) is 13.4. The number of thioether (sulfide) groups is 1. The molecule has 112 valence electrons. The lowest BCUT2D eigenvalue weighted by Gasteiger charge is -2.15. The van der Waals surface area contributed by atoms with Crippen molar-refractivity contribution in [1.29, 1.82) is 0 Å². The highest BCUT2D eigenvalue weighted by Gasteiger charge is 2.15. The van der Waals surface area contributed by atoms with Crippen molar-refractivity contribution in [2.24, 2.45) is 0 Å². The SMILES string of the molecule is CC(Cc1ccco1)Nc1ccc(SC2CCCC2)cc1. The first kappa shape index (κ1) is 14.6. The van der Waals surface area contributed by atoms with Gasteiger partial charge in [-0.3, -0.25) is 0 Å². The lowest BCUT2D eigenvalue weighted by molar-refractivity contribution is 0.498. The molecular formula is C18H23NOS. The van der Waals surface area contributed by atoms with Crippen LogP contribution in [0.4, 0.5) is 5.69 Å². The molecule has 1 aliphatic carbocycles. The Kier molecular flexibility index (Phi) is 4.91. The van der Waals surface area contributed by atoms with Crippen molar-refractivity contribution >= 4 is 17.4 Å². The van der Waals surface area contributed by atoms with Gasteiger partial charge in [0.1, 0.15) is 5.76 Å². The number of hydrogen-bond donors (Lipinski definition) is 1. The first-order chi connectivity index (χ1) is 10.3. The van der Waals surface area contributed by atoms with Gasteiger partial charge in [0.05, 0.1) is 6.26 Å². The summed E-state index contributed by atoms with van der Waals surface area (Å²) in [4.78, 5) is 1.39. The summed E-state index contributed by atoms with van der Waals surface area (Å²) in [5.74, 6) is 1.03. The van der Waals surface area contributed by atoms with Crippen LogP contribution in [-0.4, -0.2) is 11.3 Å². The molecule has 1 N–H and O–H groups in total. The number of benzene rings is 1. The molecule has 2 nitrogen and oxygen atoms in total. The lowest BCUT2D eigenvalue weighted by atomic mass is 10.2. The average Bonchev–Trinajstić information content (AvgIpc) is 3.14. The van der Waals surface area contributed by atoms with Gasteiger partial charge in [0.15, 0.2) is 0 Å². The van der Waals surface area contributed by atoms with Crippen LogP contribution >= 0.6 is 11.8 Å². The van der Waals surface area contributed by atoms with Crippen LogP contribution in [0, 0.1) is 0 Å². The minimum atomic E-state index is 0.365. The molecule has 1 unspecified atom stereocenters. The highest BCUT2D eigenvalue weighted by atomic mass is 32.2. The van der Waals surface area contributed by atoms with E-state index in [2.05, 4.69) is 36.5 Å². The predicted octanol–water partition coefficient (Wildman–Crippen LogP) is 5.36. The Hall–Kier alpha value is -1.35. The van der Waals surface area contributed by atoms with Crippen molar-refractivity contribution < 1.29 is 4.42 Å². The summed E-state index contributed by atoms with van der Waals surface area (Å²) < 4.78 is 5.39. The van der Waals surface area contributed by atoms with Gasteiger partial charge in [0, 0.05) is 28.3 Å². The minimum Gasteiger partial charge on any atom is -0.469 e. The quantitative estimate of drug-likeness (QED) is 0.777. The molecule has 21 heavy (non-hydrogen) atoms. The van der Waals surface area contributed by atoms with Crippen LogP contribution in [0.3, 0.4) is 0 Å². The fraction of sp³-hybridized carbons (Fsp3) is 0.444. The van der Waals surface area contributed by atoms with Crippen LogP contribution < -0.4 is 5.32 Å². The summed E-state index contributed by atoms with van der Waals surface area (Å²) in [6, 6.07) is 13.2. The number of rotatable bonds is 6. The van der Waals surface area contributed by atoms with Crippen molar-refractivity contribution in [1.82, 2.24) is 0 Å². The molecule has 0 bridgehead atoms. The molecule has 0 spiro atoms. The predicted molar refractivity (Wildman–Crippen MR) is 90.1 cm³/mol. The third-order valence-corrected chi connectivity index (χ3v) is 5.31. The van der Waals surface area contributed by atoms with E-state index < -0.39 is 0 Å². The highest BCUT2D eigenvalue weighted by Crippen LogP contribution is 2.35. The minimum absolute atomic E-state index is 0.365. The molecule has 0 radical (unpaired) electrons. The van der Waals surface area contributed by atoms with Gasteiger partial charge in [0.25, 0.3) is 0 Å². The van der Waals surface area contributed by atoms with E-state index >= 15 is 0 Å². The van der Waals surface area contributed by atoms with Gasteiger partial charge in [-0.15, -0.1) is 11.8 Å². The molecule has 3 heteroatoms. The van der Waals surface area contributed by atoms with Crippen LogP contribution in [0.15, 0.2) is 52.0 Å². The molecule has 1 atom stereocenters. The number of hydrogen-bond acceptors (Lipinski definition) is 3. The van der Waals surface area contributed by atoms with Crippen molar-refractivity contribution in [3.63, 3.8) is 0 Å². The van der Waals surface area contributed by atoms with E-state index in [0.29, 0.717) is 6.04 Å². The summed E-state index contributed by atoms with van der Waals surface area (Å²) in [6.45, 7) is 2.18. The Morgan fingerprint density at radius 1 is 1.19 bits per heavy atom. The monoisotopic (exact) mass is 301 g/mol. The van der Waals surface area contributed by atoms with Gasteiger partial charge in [-0.25, -0.2) is 0 Å². The summed E-state index contributed by atoms with van der Waals surface area (Å²) in [7, 11) is 0. The van der Waals surface area contributed by atoms with Gasteiger partial charge >= 0.3 is 0 Å². The van der Waals surface area contributed by atoms with Crippen LogP contribution in [0.5, 0.6) is 0 Å². The smallest absolute Gasteiger partial charge is 0.105 e. The molecule has 0 saturated heterocycles. The first-order valence-electron chi connectivity index (χ1n) is 7.85. The molecule has 0 amide bonds. The normalized spacial score (nSPS) is 17.0. The maximum absolute atomic E-state index is 5.39. The molecular weight excluding hydrogens is 278 g/mol. The molecule has 1 fully saturated rings. The summed E-state index contributed by atoms with van der Waals surface area (Å²) in [6.07, 6.45) is 8.21. The van der Waals surface area contributed by atoms with Crippen molar-refractivity contribution in [2.45, 2.75) is 55.2 Å². The Balaban J connectivity index is 1.51. The van der Waals surface area contributed by atoms with Crippen LogP contribution in [0.2, 0.25) is 0 Å². The Bertz CT molecular complexity index is 529. The fourth-order valence-corrected chi connectivity index (χ4v) is 4.14. The number of nitrogens with one attached hydrogen (secondary N) is 1. The van der Waals surface area contributed by atoms with Gasteiger partial charge in [-0.05, 0) is 56.2 Å². The average molecular weight is 301 g/mol.